The standard InChI is InChI=1S/C27H24F4N6O2S.C4H4O4/c28-18-5-1-2-6-21(18)39-22-8-7-19(24(23(22)27(29,30)31)37-11-3-4-16(12-32)14-37)35-25(38)20-15-40-26(36-20)17-9-10-33-34-13-17;5-3(6)1-2-4(7)8/h1-2,5-10,13,15-16H,3-4,11-12,14,32H2,(H,35,38);1-2H,(H,5,6)(H,7,8)/b;2-1+/t16-;/m0./s1. The summed E-state index contributed by atoms with van der Waals surface area (Å²) in [6.07, 6.45) is 0.582. The van der Waals surface area contributed by atoms with E-state index in [4.69, 9.17) is 20.7 Å². The van der Waals surface area contributed by atoms with Gasteiger partial charge >= 0.3 is 18.1 Å². The monoisotopic (exact) mass is 688 g/mol. The number of aromatic nitrogens is 3. The van der Waals surface area contributed by atoms with Crippen LogP contribution in [-0.2, 0) is 15.8 Å². The van der Waals surface area contributed by atoms with E-state index < -0.39 is 41.2 Å². The van der Waals surface area contributed by atoms with E-state index in [0.717, 1.165) is 18.6 Å². The number of rotatable bonds is 9. The minimum Gasteiger partial charge on any atom is -0.478 e. The van der Waals surface area contributed by atoms with Crippen molar-refractivity contribution in [2.75, 3.05) is 29.9 Å². The number of piperidine rings is 1. The van der Waals surface area contributed by atoms with Crippen molar-refractivity contribution in [3.63, 3.8) is 0 Å². The molecule has 0 unspecified atom stereocenters. The minimum atomic E-state index is -4.89. The van der Waals surface area contributed by atoms with Crippen LogP contribution in [0.3, 0.4) is 0 Å². The predicted molar refractivity (Wildman–Crippen MR) is 167 cm³/mol. The van der Waals surface area contributed by atoms with E-state index in [2.05, 4.69) is 20.5 Å². The predicted octanol–water partition coefficient (Wildman–Crippen LogP) is 5.69. The number of amides is 1. The number of halogens is 4. The molecule has 1 aliphatic rings. The lowest BCUT2D eigenvalue weighted by Crippen LogP contribution is -2.40. The lowest BCUT2D eigenvalue weighted by Gasteiger charge is -2.37. The van der Waals surface area contributed by atoms with Gasteiger partial charge in [-0.3, -0.25) is 4.79 Å². The molecule has 4 aromatic rings. The van der Waals surface area contributed by atoms with E-state index in [0.29, 0.717) is 42.2 Å². The molecular weight excluding hydrogens is 660 g/mol. The zero-order chi connectivity index (χ0) is 34.8. The van der Waals surface area contributed by atoms with Gasteiger partial charge in [-0.1, -0.05) is 12.1 Å². The molecule has 3 heterocycles. The van der Waals surface area contributed by atoms with Gasteiger partial charge in [-0.2, -0.15) is 23.4 Å². The number of aliphatic carboxylic acids is 2. The van der Waals surface area contributed by atoms with Crippen LogP contribution in [0.4, 0.5) is 28.9 Å². The zero-order valence-corrected chi connectivity index (χ0v) is 25.7. The number of ether oxygens (including phenoxy) is 1. The number of alkyl halides is 3. The number of carbonyl (C=O) groups is 3. The Morgan fingerprint density at radius 1 is 1.06 bits per heavy atom. The number of hydrogen-bond donors (Lipinski definition) is 4. The van der Waals surface area contributed by atoms with Crippen LogP contribution >= 0.6 is 11.3 Å². The molecule has 0 radical (unpaired) electrons. The molecule has 252 valence electrons. The van der Waals surface area contributed by atoms with Crippen molar-refractivity contribution in [3.05, 3.63) is 89.5 Å². The van der Waals surface area contributed by atoms with Crippen molar-refractivity contribution >= 4 is 40.6 Å². The van der Waals surface area contributed by atoms with Crippen LogP contribution in [0.15, 0.2) is 72.4 Å². The summed E-state index contributed by atoms with van der Waals surface area (Å²) in [7, 11) is 0. The van der Waals surface area contributed by atoms with Crippen LogP contribution in [0.25, 0.3) is 10.6 Å². The lowest BCUT2D eigenvalue weighted by molar-refractivity contribution is -0.138. The molecule has 17 heteroatoms. The number of thiazole rings is 1. The van der Waals surface area contributed by atoms with Crippen molar-refractivity contribution in [1.29, 1.82) is 0 Å². The number of benzene rings is 2. The van der Waals surface area contributed by atoms with Crippen LogP contribution in [0.2, 0.25) is 0 Å². The molecule has 1 aliphatic heterocycles. The van der Waals surface area contributed by atoms with Gasteiger partial charge in [-0.05, 0) is 55.6 Å². The first kappa shape index (κ1) is 35.4. The SMILES string of the molecule is NC[C@@H]1CCCN(c2c(NC(=O)c3csc(-c4ccnnc4)n3)ccc(Oc3ccccc3F)c2C(F)(F)F)C1.O=C(O)/C=C/C(=O)O. The van der Waals surface area contributed by atoms with Crippen molar-refractivity contribution < 1.29 is 46.9 Å². The van der Waals surface area contributed by atoms with Gasteiger partial charge in [0.2, 0.25) is 0 Å². The van der Waals surface area contributed by atoms with Crippen molar-refractivity contribution in [1.82, 2.24) is 15.2 Å². The van der Waals surface area contributed by atoms with Crippen molar-refractivity contribution in [2.24, 2.45) is 11.7 Å². The topological polar surface area (TPSA) is 181 Å². The first-order chi connectivity index (χ1) is 22.9. The molecule has 12 nitrogen and oxygen atoms in total. The van der Waals surface area contributed by atoms with E-state index in [1.807, 2.05) is 0 Å². The Bertz CT molecular complexity index is 1770. The number of nitrogens with zero attached hydrogens (tertiary/aromatic N) is 4. The normalized spacial score (nSPS) is 14.6. The van der Waals surface area contributed by atoms with Crippen LogP contribution in [0.1, 0.15) is 28.9 Å². The van der Waals surface area contributed by atoms with Crippen LogP contribution in [-0.4, -0.2) is 62.9 Å². The fraction of sp³-hybridized carbons (Fsp3) is 0.226. The molecule has 0 spiro atoms. The number of anilines is 2. The summed E-state index contributed by atoms with van der Waals surface area (Å²) >= 11 is 1.19. The molecule has 1 atom stereocenters. The highest BCUT2D eigenvalue weighted by Crippen LogP contribution is 2.48. The van der Waals surface area contributed by atoms with Gasteiger partial charge in [0.05, 0.1) is 23.8 Å². The van der Waals surface area contributed by atoms with E-state index >= 15 is 0 Å². The van der Waals surface area contributed by atoms with Gasteiger partial charge in [-0.15, -0.1) is 11.3 Å². The second-order valence-corrected chi connectivity index (χ2v) is 11.0. The Hall–Kier alpha value is -5.42. The first-order valence-electron chi connectivity index (χ1n) is 14.2. The largest absolute Gasteiger partial charge is 0.478 e. The fourth-order valence-electron chi connectivity index (χ4n) is 4.72. The molecule has 2 aromatic carbocycles. The van der Waals surface area contributed by atoms with Crippen LogP contribution < -0.4 is 20.7 Å². The second kappa shape index (κ2) is 15.9. The third-order valence-corrected chi connectivity index (χ3v) is 7.72. The summed E-state index contributed by atoms with van der Waals surface area (Å²) in [6, 6.07) is 9.29. The minimum absolute atomic E-state index is 0.0292. The molecule has 5 N–H and O–H groups in total. The van der Waals surface area contributed by atoms with Gasteiger partial charge in [0, 0.05) is 36.2 Å². The van der Waals surface area contributed by atoms with E-state index in [-0.39, 0.29) is 35.3 Å². The molecule has 1 amide bonds. The number of carbonyl (C=O) groups excluding carboxylic acids is 1. The maximum Gasteiger partial charge on any atom is 0.422 e. The summed E-state index contributed by atoms with van der Waals surface area (Å²) in [5.74, 6) is -4.98. The van der Waals surface area contributed by atoms with Gasteiger partial charge in [0.1, 0.15) is 22.0 Å². The Morgan fingerprint density at radius 2 is 1.79 bits per heavy atom. The Labute approximate surface area is 274 Å². The maximum absolute atomic E-state index is 14.7. The van der Waals surface area contributed by atoms with E-state index in [9.17, 15) is 31.9 Å². The van der Waals surface area contributed by atoms with Gasteiger partial charge in [-0.25, -0.2) is 19.0 Å². The van der Waals surface area contributed by atoms with Gasteiger partial charge < -0.3 is 30.9 Å². The summed E-state index contributed by atoms with van der Waals surface area (Å²) in [5.41, 5.74) is 5.08. The molecule has 2 aromatic heterocycles. The average Bonchev–Trinajstić information content (AvgIpc) is 3.56. The van der Waals surface area contributed by atoms with Crippen LogP contribution in [0.5, 0.6) is 11.5 Å². The number of hydrogen-bond acceptors (Lipinski definition) is 10. The van der Waals surface area contributed by atoms with Crippen molar-refractivity contribution in [2.45, 2.75) is 19.0 Å². The number of carboxylic acids is 2. The average molecular weight is 689 g/mol. The summed E-state index contributed by atoms with van der Waals surface area (Å²) in [5, 5.41) is 27.8. The van der Waals surface area contributed by atoms with Crippen molar-refractivity contribution in [3.8, 4) is 22.1 Å². The summed E-state index contributed by atoms with van der Waals surface area (Å²) in [4.78, 5) is 38.2. The zero-order valence-electron chi connectivity index (χ0n) is 24.9. The van der Waals surface area contributed by atoms with E-state index in [1.165, 1.54) is 53.4 Å². The maximum atomic E-state index is 14.7. The van der Waals surface area contributed by atoms with Gasteiger partial charge in [0.15, 0.2) is 11.6 Å². The quantitative estimate of drug-likeness (QED) is 0.125. The molecule has 0 aliphatic carbocycles. The third-order valence-electron chi connectivity index (χ3n) is 6.83. The fourth-order valence-corrected chi connectivity index (χ4v) is 5.52. The third kappa shape index (κ3) is 9.32. The van der Waals surface area contributed by atoms with E-state index in [1.54, 1.807) is 11.0 Å². The molecule has 0 bridgehead atoms. The number of nitrogens with two attached hydrogens (primary N) is 1. The lowest BCUT2D eigenvalue weighted by atomic mass is 9.96. The second-order valence-electron chi connectivity index (χ2n) is 10.2. The number of nitrogens with one attached hydrogen (secondary N) is 1. The highest BCUT2D eigenvalue weighted by atomic mass is 32.1. The molecule has 0 saturated carbocycles. The number of para-hydroxylation sites is 1. The van der Waals surface area contributed by atoms with Crippen LogP contribution in [0, 0.1) is 11.7 Å². The van der Waals surface area contributed by atoms with Gasteiger partial charge in [0.25, 0.3) is 5.91 Å². The Kier molecular flexibility index (Phi) is 11.8. The molecular formula is C31H28F4N6O6S. The molecule has 1 saturated heterocycles. The highest BCUT2D eigenvalue weighted by molar-refractivity contribution is 7.13. The molecule has 5 rings (SSSR count). The number of carboxylic acid groups (broad SMARTS) is 2. The Morgan fingerprint density at radius 3 is 2.42 bits per heavy atom. The molecule has 48 heavy (non-hydrogen) atoms. The Balaban J connectivity index is 0.000000579. The summed E-state index contributed by atoms with van der Waals surface area (Å²) in [6.45, 7) is 0.861. The smallest absolute Gasteiger partial charge is 0.422 e. The first-order valence-corrected chi connectivity index (χ1v) is 15.0. The summed E-state index contributed by atoms with van der Waals surface area (Å²) < 4.78 is 63.9. The highest BCUT2D eigenvalue weighted by Gasteiger charge is 2.41. The molecule has 1 fully saturated rings.